The number of nitrogens with zero attached hydrogens (tertiary/aromatic N) is 2. The number of aromatic nitrogens is 1. The molecule has 1 N–H and O–H groups in total. The van der Waals surface area contributed by atoms with E-state index < -0.39 is 0 Å². The minimum atomic E-state index is 0.796. The zero-order chi connectivity index (χ0) is 13.0. The maximum atomic E-state index is 5.98. The molecule has 4 heteroatoms. The summed E-state index contributed by atoms with van der Waals surface area (Å²) in [5.41, 5.74) is 1.24. The molecular formula is C14H20ClN3. The summed E-state index contributed by atoms with van der Waals surface area (Å²) < 4.78 is 2.26. The van der Waals surface area contributed by atoms with Crippen molar-refractivity contribution in [3.8, 4) is 0 Å². The van der Waals surface area contributed by atoms with Crippen LogP contribution in [0.4, 0.5) is 0 Å². The van der Waals surface area contributed by atoms with Crippen molar-refractivity contribution >= 4 is 22.5 Å². The molecule has 0 unspecified atom stereocenters. The summed E-state index contributed by atoms with van der Waals surface area (Å²) in [6, 6.07) is 8.14. The summed E-state index contributed by atoms with van der Waals surface area (Å²) in [6.45, 7) is 4.07. The van der Waals surface area contributed by atoms with E-state index in [0.717, 1.165) is 31.2 Å². The normalized spacial score (nSPS) is 11.6. The van der Waals surface area contributed by atoms with E-state index in [1.54, 1.807) is 0 Å². The van der Waals surface area contributed by atoms with Crippen molar-refractivity contribution in [2.45, 2.75) is 6.54 Å². The van der Waals surface area contributed by atoms with Crippen molar-refractivity contribution in [1.29, 1.82) is 0 Å². The fraction of sp³-hybridized carbons (Fsp3) is 0.429. The van der Waals surface area contributed by atoms with Gasteiger partial charge in [0.2, 0.25) is 0 Å². The third-order valence-electron chi connectivity index (χ3n) is 3.00. The van der Waals surface area contributed by atoms with Crippen molar-refractivity contribution in [2.24, 2.45) is 0 Å². The highest BCUT2D eigenvalue weighted by Crippen LogP contribution is 2.20. The number of benzene rings is 1. The summed E-state index contributed by atoms with van der Waals surface area (Å²) in [7, 11) is 4.18. The van der Waals surface area contributed by atoms with Gasteiger partial charge in [0.1, 0.15) is 0 Å². The number of nitrogens with one attached hydrogen (secondary N) is 1. The van der Waals surface area contributed by atoms with Crippen LogP contribution in [0.1, 0.15) is 0 Å². The molecule has 0 amide bonds. The second-order valence-corrected chi connectivity index (χ2v) is 5.20. The third kappa shape index (κ3) is 3.48. The smallest absolute Gasteiger partial charge is 0.0481 e. The van der Waals surface area contributed by atoms with Crippen molar-refractivity contribution < 1.29 is 0 Å². The lowest BCUT2D eigenvalue weighted by molar-refractivity contribution is 0.398. The molecule has 0 spiro atoms. The van der Waals surface area contributed by atoms with E-state index in [0.29, 0.717) is 0 Å². The Morgan fingerprint density at radius 2 is 2.06 bits per heavy atom. The maximum absolute atomic E-state index is 5.98. The molecule has 0 saturated carbocycles. The first kappa shape index (κ1) is 13.4. The van der Waals surface area contributed by atoms with E-state index in [-0.39, 0.29) is 0 Å². The van der Waals surface area contributed by atoms with Crippen LogP contribution in [0.2, 0.25) is 5.02 Å². The first-order valence-electron chi connectivity index (χ1n) is 6.26. The molecule has 0 aliphatic rings. The Balaban J connectivity index is 1.88. The van der Waals surface area contributed by atoms with Crippen LogP contribution in [0.3, 0.4) is 0 Å². The van der Waals surface area contributed by atoms with Gasteiger partial charge in [-0.15, -0.1) is 0 Å². The lowest BCUT2D eigenvalue weighted by atomic mass is 10.2. The average Bonchev–Trinajstić information content (AvgIpc) is 2.70. The van der Waals surface area contributed by atoms with Crippen LogP contribution in [0.5, 0.6) is 0 Å². The Morgan fingerprint density at radius 1 is 1.22 bits per heavy atom. The van der Waals surface area contributed by atoms with Gasteiger partial charge < -0.3 is 14.8 Å². The van der Waals surface area contributed by atoms with E-state index in [1.807, 2.05) is 12.1 Å². The molecule has 2 rings (SSSR count). The van der Waals surface area contributed by atoms with E-state index >= 15 is 0 Å². The molecule has 1 aromatic carbocycles. The van der Waals surface area contributed by atoms with Crippen LogP contribution < -0.4 is 5.32 Å². The number of likely N-dealkylation sites (N-methyl/N-ethyl adjacent to an activating group) is 1. The van der Waals surface area contributed by atoms with Crippen LogP contribution in [-0.4, -0.2) is 43.2 Å². The second-order valence-electron chi connectivity index (χ2n) is 4.77. The van der Waals surface area contributed by atoms with Gasteiger partial charge in [-0.2, -0.15) is 0 Å². The Bertz CT molecular complexity index is 505. The monoisotopic (exact) mass is 265 g/mol. The third-order valence-corrected chi connectivity index (χ3v) is 3.23. The van der Waals surface area contributed by atoms with E-state index in [2.05, 4.69) is 47.2 Å². The number of hydrogen-bond donors (Lipinski definition) is 1. The predicted molar refractivity (Wildman–Crippen MR) is 78.4 cm³/mol. The van der Waals surface area contributed by atoms with Crippen LogP contribution in [0, 0.1) is 0 Å². The predicted octanol–water partition coefficient (Wildman–Crippen LogP) is 2.45. The number of halogens is 1. The van der Waals surface area contributed by atoms with E-state index in [9.17, 15) is 0 Å². The van der Waals surface area contributed by atoms with E-state index in [4.69, 9.17) is 11.6 Å². The molecule has 3 nitrogen and oxygen atoms in total. The molecule has 98 valence electrons. The van der Waals surface area contributed by atoms with Gasteiger partial charge in [0.15, 0.2) is 0 Å². The van der Waals surface area contributed by atoms with Crippen LogP contribution in [0.25, 0.3) is 10.9 Å². The molecule has 18 heavy (non-hydrogen) atoms. The Kier molecular flexibility index (Phi) is 4.64. The Hall–Kier alpha value is -1.03. The first-order chi connectivity index (χ1) is 8.66. The van der Waals surface area contributed by atoms with Gasteiger partial charge in [-0.1, -0.05) is 11.6 Å². The average molecular weight is 266 g/mol. The Morgan fingerprint density at radius 3 is 2.83 bits per heavy atom. The van der Waals surface area contributed by atoms with Crippen molar-refractivity contribution in [3.05, 3.63) is 35.5 Å². The lowest BCUT2D eigenvalue weighted by Crippen LogP contribution is -2.28. The Labute approximate surface area is 113 Å². The van der Waals surface area contributed by atoms with Crippen molar-refractivity contribution in [2.75, 3.05) is 33.7 Å². The highest BCUT2D eigenvalue weighted by Gasteiger charge is 2.01. The molecule has 0 fully saturated rings. The number of rotatable bonds is 6. The molecule has 0 atom stereocenters. The van der Waals surface area contributed by atoms with Gasteiger partial charge in [-0.25, -0.2) is 0 Å². The molecule has 2 aromatic rings. The minimum Gasteiger partial charge on any atom is -0.346 e. The highest BCUT2D eigenvalue weighted by atomic mass is 35.5. The molecule has 0 aliphatic carbocycles. The van der Waals surface area contributed by atoms with Gasteiger partial charge in [-0.05, 0) is 38.4 Å². The summed E-state index contributed by atoms with van der Waals surface area (Å²) >= 11 is 5.98. The summed E-state index contributed by atoms with van der Waals surface area (Å²) in [6.07, 6.45) is 2.12. The van der Waals surface area contributed by atoms with Gasteiger partial charge in [0, 0.05) is 48.3 Å². The second kappa shape index (κ2) is 6.23. The maximum Gasteiger partial charge on any atom is 0.0481 e. The molecular weight excluding hydrogens is 246 g/mol. The largest absolute Gasteiger partial charge is 0.346 e. The van der Waals surface area contributed by atoms with Crippen molar-refractivity contribution in [3.63, 3.8) is 0 Å². The van der Waals surface area contributed by atoms with Crippen LogP contribution in [-0.2, 0) is 6.54 Å². The van der Waals surface area contributed by atoms with Gasteiger partial charge in [0.05, 0.1) is 0 Å². The first-order valence-corrected chi connectivity index (χ1v) is 6.64. The molecule has 0 radical (unpaired) electrons. The molecule has 1 heterocycles. The summed E-state index contributed by atoms with van der Waals surface area (Å²) in [5, 5.41) is 5.44. The fourth-order valence-electron chi connectivity index (χ4n) is 1.99. The fourth-order valence-corrected chi connectivity index (χ4v) is 2.17. The SMILES string of the molecule is CN(C)CCNCCn1ccc2cc(Cl)ccc21. The van der Waals surface area contributed by atoms with Crippen LogP contribution >= 0.6 is 11.6 Å². The molecule has 1 aromatic heterocycles. The standard InChI is InChI=1S/C14H20ClN3/c1-17(2)9-6-16-7-10-18-8-5-12-11-13(15)3-4-14(12)18/h3-5,8,11,16H,6-7,9-10H2,1-2H3. The van der Waals surface area contributed by atoms with Crippen LogP contribution in [0.15, 0.2) is 30.5 Å². The molecule has 0 aliphatic heterocycles. The lowest BCUT2D eigenvalue weighted by Gasteiger charge is -2.11. The summed E-state index contributed by atoms with van der Waals surface area (Å²) in [5.74, 6) is 0. The minimum absolute atomic E-state index is 0.796. The van der Waals surface area contributed by atoms with Gasteiger partial charge in [-0.3, -0.25) is 0 Å². The molecule has 0 bridgehead atoms. The van der Waals surface area contributed by atoms with Crippen molar-refractivity contribution in [1.82, 2.24) is 14.8 Å². The van der Waals surface area contributed by atoms with Gasteiger partial charge >= 0.3 is 0 Å². The number of fused-ring (bicyclic) bond motifs is 1. The topological polar surface area (TPSA) is 20.2 Å². The van der Waals surface area contributed by atoms with E-state index in [1.165, 1.54) is 10.9 Å². The molecule has 0 saturated heterocycles. The van der Waals surface area contributed by atoms with Gasteiger partial charge in [0.25, 0.3) is 0 Å². The highest BCUT2D eigenvalue weighted by molar-refractivity contribution is 6.31. The zero-order valence-corrected chi connectivity index (χ0v) is 11.7. The summed E-state index contributed by atoms with van der Waals surface area (Å²) in [4.78, 5) is 2.18. The zero-order valence-electron chi connectivity index (χ0n) is 11.0. The number of hydrogen-bond acceptors (Lipinski definition) is 2. The quantitative estimate of drug-likeness (QED) is 0.810.